The number of benzene rings is 2. The molecule has 0 spiro atoms. The molecule has 0 radical (unpaired) electrons. The minimum absolute atomic E-state index is 0.0306. The van der Waals surface area contributed by atoms with Crippen LogP contribution in [-0.2, 0) is 11.3 Å². The summed E-state index contributed by atoms with van der Waals surface area (Å²) in [5, 5.41) is 0. The maximum atomic E-state index is 12.1. The fraction of sp³-hybridized carbons (Fsp3) is 0.125. The highest BCUT2D eigenvalue weighted by atomic mass is 79.9. The van der Waals surface area contributed by atoms with E-state index in [1.54, 1.807) is 18.2 Å². The van der Waals surface area contributed by atoms with Gasteiger partial charge in [0.2, 0.25) is 5.89 Å². The molecule has 2 aromatic carbocycles. The number of carbonyl (C=O) groups excluding carboxylic acids is 1. The molecule has 1 heterocycles. The van der Waals surface area contributed by atoms with Crippen LogP contribution in [0.15, 0.2) is 51.4 Å². The Morgan fingerprint density at radius 1 is 1.27 bits per heavy atom. The number of carbonyl (C=O) groups is 1. The Morgan fingerprint density at radius 2 is 2.09 bits per heavy atom. The van der Waals surface area contributed by atoms with Gasteiger partial charge < -0.3 is 13.9 Å². The number of rotatable bonds is 4. The molecule has 0 unspecified atom stereocenters. The molecule has 3 rings (SSSR count). The van der Waals surface area contributed by atoms with Gasteiger partial charge in [0.1, 0.15) is 11.3 Å². The summed E-state index contributed by atoms with van der Waals surface area (Å²) in [6, 6.07) is 12.5. The molecule has 112 valence electrons. The van der Waals surface area contributed by atoms with Crippen LogP contribution in [0, 0.1) is 0 Å². The lowest BCUT2D eigenvalue weighted by atomic mass is 10.2. The Balaban J connectivity index is 1.74. The zero-order chi connectivity index (χ0) is 15.5. The molecule has 0 atom stereocenters. The summed E-state index contributed by atoms with van der Waals surface area (Å²) in [4.78, 5) is 16.4. The second kappa shape index (κ2) is 6.19. The second-order valence-corrected chi connectivity index (χ2v) is 5.35. The monoisotopic (exact) mass is 361 g/mol. The predicted molar refractivity (Wildman–Crippen MR) is 83.8 cm³/mol. The van der Waals surface area contributed by atoms with Gasteiger partial charge in [-0.05, 0) is 46.3 Å². The molecule has 0 fully saturated rings. The van der Waals surface area contributed by atoms with Crippen molar-refractivity contribution in [1.82, 2.24) is 4.98 Å². The number of aromatic nitrogens is 1. The SMILES string of the molecule is COc1ccc(Br)c(C(=O)OCc2nc3ccccc3o2)c1. The Bertz CT molecular complexity index is 795. The van der Waals surface area contributed by atoms with E-state index in [1.165, 1.54) is 7.11 Å². The highest BCUT2D eigenvalue weighted by Crippen LogP contribution is 2.24. The largest absolute Gasteiger partial charge is 0.497 e. The predicted octanol–water partition coefficient (Wildman–Crippen LogP) is 3.96. The lowest BCUT2D eigenvalue weighted by molar-refractivity contribution is 0.0439. The van der Waals surface area contributed by atoms with Crippen LogP contribution in [0.2, 0.25) is 0 Å². The van der Waals surface area contributed by atoms with E-state index in [-0.39, 0.29) is 6.61 Å². The Kier molecular flexibility index (Phi) is 4.11. The molecular weight excluding hydrogens is 350 g/mol. The highest BCUT2D eigenvalue weighted by Gasteiger charge is 2.14. The summed E-state index contributed by atoms with van der Waals surface area (Å²) in [6.07, 6.45) is 0. The quantitative estimate of drug-likeness (QED) is 0.658. The number of nitrogens with zero attached hydrogens (tertiary/aromatic N) is 1. The van der Waals surface area contributed by atoms with Crippen molar-refractivity contribution >= 4 is 33.0 Å². The number of hydrogen-bond donors (Lipinski definition) is 0. The standard InChI is InChI=1S/C16H12BrNO4/c1-20-10-6-7-12(17)11(8-10)16(19)21-9-15-18-13-4-2-3-5-14(13)22-15/h2-8H,9H2,1H3. The van der Waals surface area contributed by atoms with E-state index in [0.717, 1.165) is 5.52 Å². The normalized spacial score (nSPS) is 10.6. The summed E-state index contributed by atoms with van der Waals surface area (Å²) in [5.41, 5.74) is 1.78. The van der Waals surface area contributed by atoms with Crippen molar-refractivity contribution in [3.05, 3.63) is 58.4 Å². The van der Waals surface area contributed by atoms with Crippen LogP contribution < -0.4 is 4.74 Å². The van der Waals surface area contributed by atoms with Crippen molar-refractivity contribution in [1.29, 1.82) is 0 Å². The van der Waals surface area contributed by atoms with Gasteiger partial charge in [0.25, 0.3) is 0 Å². The summed E-state index contributed by atoms with van der Waals surface area (Å²) in [6.45, 7) is -0.0306. The first-order valence-corrected chi connectivity index (χ1v) is 7.32. The van der Waals surface area contributed by atoms with Crippen molar-refractivity contribution in [3.8, 4) is 5.75 Å². The number of esters is 1. The third-order valence-corrected chi connectivity index (χ3v) is 3.75. The van der Waals surface area contributed by atoms with Gasteiger partial charge in [-0.15, -0.1) is 0 Å². The Morgan fingerprint density at radius 3 is 2.86 bits per heavy atom. The van der Waals surface area contributed by atoms with Gasteiger partial charge in [-0.1, -0.05) is 12.1 Å². The zero-order valence-electron chi connectivity index (χ0n) is 11.7. The number of methoxy groups -OCH3 is 1. The molecular formula is C16H12BrNO4. The maximum Gasteiger partial charge on any atom is 0.339 e. The second-order valence-electron chi connectivity index (χ2n) is 4.50. The summed E-state index contributed by atoms with van der Waals surface area (Å²) in [7, 11) is 1.54. The third-order valence-electron chi connectivity index (χ3n) is 3.06. The van der Waals surface area contributed by atoms with Gasteiger partial charge in [0, 0.05) is 4.47 Å². The molecule has 6 heteroatoms. The topological polar surface area (TPSA) is 61.6 Å². The smallest absolute Gasteiger partial charge is 0.339 e. The lowest BCUT2D eigenvalue weighted by Crippen LogP contribution is -2.06. The van der Waals surface area contributed by atoms with Crippen LogP contribution >= 0.6 is 15.9 Å². The van der Waals surface area contributed by atoms with E-state index in [9.17, 15) is 4.79 Å². The van der Waals surface area contributed by atoms with Crippen LogP contribution in [0.5, 0.6) is 5.75 Å². The minimum Gasteiger partial charge on any atom is -0.497 e. The van der Waals surface area contributed by atoms with Gasteiger partial charge in [0.15, 0.2) is 12.2 Å². The van der Waals surface area contributed by atoms with E-state index in [4.69, 9.17) is 13.9 Å². The first-order chi connectivity index (χ1) is 10.7. The summed E-state index contributed by atoms with van der Waals surface area (Å²) in [5.74, 6) is 0.457. The lowest BCUT2D eigenvalue weighted by Gasteiger charge is -2.06. The third kappa shape index (κ3) is 2.96. The number of oxazole rings is 1. The van der Waals surface area contributed by atoms with Crippen LogP contribution in [0.1, 0.15) is 16.2 Å². The molecule has 1 aromatic heterocycles. The molecule has 3 aromatic rings. The van der Waals surface area contributed by atoms with Crippen LogP contribution in [0.4, 0.5) is 0 Å². The van der Waals surface area contributed by atoms with Crippen molar-refractivity contribution in [3.63, 3.8) is 0 Å². The van der Waals surface area contributed by atoms with E-state index in [0.29, 0.717) is 27.3 Å². The highest BCUT2D eigenvalue weighted by molar-refractivity contribution is 9.10. The molecule has 0 amide bonds. The first kappa shape index (κ1) is 14.6. The zero-order valence-corrected chi connectivity index (χ0v) is 13.3. The molecule has 0 aliphatic carbocycles. The van der Waals surface area contributed by atoms with Crippen molar-refractivity contribution in [2.45, 2.75) is 6.61 Å². The fourth-order valence-corrected chi connectivity index (χ4v) is 2.38. The van der Waals surface area contributed by atoms with E-state index in [1.807, 2.05) is 24.3 Å². The van der Waals surface area contributed by atoms with Crippen LogP contribution in [-0.4, -0.2) is 18.1 Å². The maximum absolute atomic E-state index is 12.1. The molecule has 0 bridgehead atoms. The van der Waals surface area contributed by atoms with Crippen LogP contribution in [0.25, 0.3) is 11.1 Å². The van der Waals surface area contributed by atoms with Gasteiger partial charge in [-0.3, -0.25) is 0 Å². The van der Waals surface area contributed by atoms with Gasteiger partial charge in [-0.2, -0.15) is 0 Å². The molecule has 0 N–H and O–H groups in total. The number of fused-ring (bicyclic) bond motifs is 1. The number of ether oxygens (including phenoxy) is 2. The average Bonchev–Trinajstić information content (AvgIpc) is 2.96. The summed E-state index contributed by atoms with van der Waals surface area (Å²) < 4.78 is 16.5. The minimum atomic E-state index is -0.479. The molecule has 0 aliphatic rings. The number of hydrogen-bond acceptors (Lipinski definition) is 5. The molecule has 0 saturated heterocycles. The number of para-hydroxylation sites is 2. The van der Waals surface area contributed by atoms with Crippen LogP contribution in [0.3, 0.4) is 0 Å². The van der Waals surface area contributed by atoms with Crippen molar-refractivity contribution in [2.75, 3.05) is 7.11 Å². The molecule has 0 saturated carbocycles. The summed E-state index contributed by atoms with van der Waals surface area (Å²) >= 11 is 3.32. The number of halogens is 1. The Hall–Kier alpha value is -2.34. The van der Waals surface area contributed by atoms with Gasteiger partial charge >= 0.3 is 5.97 Å². The van der Waals surface area contributed by atoms with E-state index >= 15 is 0 Å². The van der Waals surface area contributed by atoms with Crippen molar-refractivity contribution in [2.24, 2.45) is 0 Å². The van der Waals surface area contributed by atoms with E-state index in [2.05, 4.69) is 20.9 Å². The fourth-order valence-electron chi connectivity index (χ4n) is 1.97. The van der Waals surface area contributed by atoms with E-state index < -0.39 is 5.97 Å². The molecule has 5 nitrogen and oxygen atoms in total. The first-order valence-electron chi connectivity index (χ1n) is 6.52. The van der Waals surface area contributed by atoms with Gasteiger partial charge in [-0.25, -0.2) is 9.78 Å². The molecule has 22 heavy (non-hydrogen) atoms. The van der Waals surface area contributed by atoms with Crippen molar-refractivity contribution < 1.29 is 18.7 Å². The van der Waals surface area contributed by atoms with Gasteiger partial charge in [0.05, 0.1) is 12.7 Å². The Labute approximate surface area is 135 Å². The average molecular weight is 362 g/mol. The molecule has 0 aliphatic heterocycles.